The van der Waals surface area contributed by atoms with Crippen LogP contribution in [-0.2, 0) is 14.3 Å². The monoisotopic (exact) mass is 323 g/mol. The first-order chi connectivity index (χ1) is 9.92. The number of carbonyl (C=O) groups is 2. The van der Waals surface area contributed by atoms with Gasteiger partial charge in [-0.15, -0.1) is 0 Å². The van der Waals surface area contributed by atoms with Gasteiger partial charge in [0.2, 0.25) is 11.8 Å². The van der Waals surface area contributed by atoms with E-state index in [4.69, 9.17) is 27.9 Å². The van der Waals surface area contributed by atoms with E-state index in [-0.39, 0.29) is 17.9 Å². The van der Waals surface area contributed by atoms with Crippen molar-refractivity contribution in [1.29, 1.82) is 0 Å². The number of hydrogen-bond donors (Lipinski definition) is 0. The van der Waals surface area contributed by atoms with E-state index < -0.39 is 17.4 Å². The van der Waals surface area contributed by atoms with Gasteiger partial charge >= 0.3 is 0 Å². The van der Waals surface area contributed by atoms with Gasteiger partial charge < -0.3 is 4.74 Å². The Balaban J connectivity index is 1.78. The molecule has 2 amide bonds. The smallest absolute Gasteiger partial charge is 0.241 e. The second kappa shape index (κ2) is 4.09. The molecule has 0 N–H and O–H groups in total. The quantitative estimate of drug-likeness (QED) is 0.589. The minimum Gasteiger partial charge on any atom is -0.362 e. The molecular weight excluding hydrogens is 313 g/mol. The Morgan fingerprint density at radius 1 is 1.19 bits per heavy atom. The van der Waals surface area contributed by atoms with Crippen molar-refractivity contribution >= 4 is 40.7 Å². The van der Waals surface area contributed by atoms with E-state index in [1.165, 1.54) is 4.90 Å². The van der Waals surface area contributed by atoms with E-state index in [2.05, 4.69) is 0 Å². The third-order valence-electron chi connectivity index (χ3n) is 4.49. The summed E-state index contributed by atoms with van der Waals surface area (Å²) in [6.07, 6.45) is 3.43. The van der Waals surface area contributed by atoms with E-state index >= 15 is 0 Å². The third-order valence-corrected chi connectivity index (χ3v) is 5.23. The number of carbonyl (C=O) groups excluding carboxylic acids is 2. The Morgan fingerprint density at radius 3 is 2.62 bits per heavy atom. The van der Waals surface area contributed by atoms with Gasteiger partial charge in [0.1, 0.15) is 0 Å². The molecule has 0 saturated carbocycles. The average Bonchev–Trinajstić information content (AvgIpc) is 3.03. The van der Waals surface area contributed by atoms with Crippen molar-refractivity contribution < 1.29 is 14.3 Å². The lowest BCUT2D eigenvalue weighted by Gasteiger charge is -2.24. The Bertz CT molecular complexity index is 717. The van der Waals surface area contributed by atoms with Crippen molar-refractivity contribution in [2.75, 3.05) is 4.90 Å². The molecule has 3 aliphatic rings. The summed E-state index contributed by atoms with van der Waals surface area (Å²) < 4.78 is 5.77. The maximum absolute atomic E-state index is 12.7. The van der Waals surface area contributed by atoms with Crippen molar-refractivity contribution in [2.45, 2.75) is 18.6 Å². The van der Waals surface area contributed by atoms with Crippen LogP contribution in [-0.4, -0.2) is 23.5 Å². The number of benzene rings is 1. The number of rotatable bonds is 1. The summed E-state index contributed by atoms with van der Waals surface area (Å²) in [5.41, 5.74) is -0.232. The van der Waals surface area contributed by atoms with Crippen LogP contribution in [0.15, 0.2) is 30.4 Å². The van der Waals surface area contributed by atoms with Crippen LogP contribution in [0.4, 0.5) is 5.69 Å². The van der Waals surface area contributed by atoms with Gasteiger partial charge in [0, 0.05) is 0 Å². The summed E-state index contributed by atoms with van der Waals surface area (Å²) in [6, 6.07) is 4.75. The van der Waals surface area contributed by atoms with Gasteiger partial charge in [0.05, 0.1) is 39.3 Å². The van der Waals surface area contributed by atoms with E-state index in [0.717, 1.165) is 0 Å². The summed E-state index contributed by atoms with van der Waals surface area (Å²) in [4.78, 5) is 26.6. The molecule has 2 fully saturated rings. The second-order valence-electron chi connectivity index (χ2n) is 5.74. The number of anilines is 1. The first-order valence-electron chi connectivity index (χ1n) is 6.62. The van der Waals surface area contributed by atoms with Crippen LogP contribution in [0.5, 0.6) is 0 Å². The van der Waals surface area contributed by atoms with Crippen LogP contribution >= 0.6 is 23.2 Å². The van der Waals surface area contributed by atoms with Gasteiger partial charge in [-0.1, -0.05) is 35.4 Å². The summed E-state index contributed by atoms with van der Waals surface area (Å²) in [5, 5.41) is 0.701. The van der Waals surface area contributed by atoms with Gasteiger partial charge in [-0.2, -0.15) is 0 Å². The number of amides is 2. The largest absolute Gasteiger partial charge is 0.362 e. The third kappa shape index (κ3) is 1.61. The highest BCUT2D eigenvalue weighted by atomic mass is 35.5. The summed E-state index contributed by atoms with van der Waals surface area (Å²) >= 11 is 11.9. The average molecular weight is 324 g/mol. The van der Waals surface area contributed by atoms with Crippen LogP contribution in [0.3, 0.4) is 0 Å². The zero-order chi connectivity index (χ0) is 14.9. The number of imide groups is 1. The number of fused-ring (bicyclic) bond motifs is 5. The molecule has 0 unspecified atom stereocenters. The minimum absolute atomic E-state index is 0.235. The van der Waals surface area contributed by atoms with Crippen LogP contribution in [0.1, 0.15) is 6.92 Å². The van der Waals surface area contributed by atoms with Crippen molar-refractivity contribution in [3.05, 3.63) is 40.4 Å². The van der Waals surface area contributed by atoms with Crippen LogP contribution in [0.2, 0.25) is 10.0 Å². The van der Waals surface area contributed by atoms with Gasteiger partial charge in [-0.25, -0.2) is 4.90 Å². The van der Waals surface area contributed by atoms with Gasteiger partial charge in [-0.3, -0.25) is 9.59 Å². The lowest BCUT2D eigenvalue weighted by atomic mass is 9.78. The standard InChI is InChI=1S/C15H11Cl2NO3/c1-15-5-4-10(21-15)11-12(15)14(20)18(13(11)19)7-2-3-8(16)9(17)6-7/h2-6,10-12H,1H3/t10-,11+,12+,15+/m0/s1. The fraction of sp³-hybridized carbons (Fsp3) is 0.333. The molecule has 4 atom stereocenters. The molecule has 0 aliphatic carbocycles. The summed E-state index contributed by atoms with van der Waals surface area (Å²) in [6.45, 7) is 1.84. The Kier molecular flexibility index (Phi) is 2.60. The number of halogens is 2. The van der Waals surface area contributed by atoms with Gasteiger partial charge in [0.25, 0.3) is 0 Å². The zero-order valence-electron chi connectivity index (χ0n) is 11.0. The first-order valence-corrected chi connectivity index (χ1v) is 7.38. The van der Waals surface area contributed by atoms with E-state index in [1.807, 2.05) is 19.1 Å². The molecule has 1 aromatic carbocycles. The highest BCUT2D eigenvalue weighted by molar-refractivity contribution is 6.42. The summed E-state index contributed by atoms with van der Waals surface area (Å²) in [5.74, 6) is -1.38. The zero-order valence-corrected chi connectivity index (χ0v) is 12.6. The van der Waals surface area contributed by atoms with Crippen molar-refractivity contribution in [1.82, 2.24) is 0 Å². The van der Waals surface area contributed by atoms with Crippen LogP contribution < -0.4 is 4.90 Å². The predicted molar refractivity (Wildman–Crippen MR) is 78.4 cm³/mol. The molecule has 6 heteroatoms. The van der Waals surface area contributed by atoms with Crippen molar-refractivity contribution in [2.24, 2.45) is 11.8 Å². The first kappa shape index (κ1) is 13.3. The topological polar surface area (TPSA) is 46.6 Å². The molecule has 0 aromatic heterocycles. The fourth-order valence-electron chi connectivity index (χ4n) is 3.53. The highest BCUT2D eigenvalue weighted by Crippen LogP contribution is 2.52. The number of hydrogen-bond acceptors (Lipinski definition) is 3. The fourth-order valence-corrected chi connectivity index (χ4v) is 3.82. The van der Waals surface area contributed by atoms with Crippen molar-refractivity contribution in [3.63, 3.8) is 0 Å². The molecule has 4 rings (SSSR count). The molecular formula is C15H11Cl2NO3. The lowest BCUT2D eigenvalue weighted by molar-refractivity contribution is -0.126. The predicted octanol–water partition coefficient (Wildman–Crippen LogP) is 2.83. The molecule has 21 heavy (non-hydrogen) atoms. The molecule has 3 aliphatic heterocycles. The maximum Gasteiger partial charge on any atom is 0.241 e. The Morgan fingerprint density at radius 2 is 1.95 bits per heavy atom. The van der Waals surface area contributed by atoms with Crippen LogP contribution in [0.25, 0.3) is 0 Å². The molecule has 108 valence electrons. The lowest BCUT2D eigenvalue weighted by Crippen LogP contribution is -2.38. The van der Waals surface area contributed by atoms with E-state index in [0.29, 0.717) is 15.7 Å². The second-order valence-corrected chi connectivity index (χ2v) is 6.55. The molecule has 1 aromatic rings. The maximum atomic E-state index is 12.7. The van der Waals surface area contributed by atoms with Gasteiger partial charge in [0.15, 0.2) is 0 Å². The SMILES string of the molecule is C[C@]12C=C[C@H](O1)[C@H]1C(=O)N(c3ccc(Cl)c(Cl)c3)C(=O)[C@@H]12. The minimum atomic E-state index is -0.687. The molecule has 2 saturated heterocycles. The van der Waals surface area contributed by atoms with E-state index in [1.54, 1.807) is 18.2 Å². The Hall–Kier alpha value is -1.36. The number of ether oxygens (including phenoxy) is 1. The summed E-state index contributed by atoms with van der Waals surface area (Å²) in [7, 11) is 0. The van der Waals surface area contributed by atoms with Crippen molar-refractivity contribution in [3.8, 4) is 0 Å². The molecule has 3 heterocycles. The molecule has 2 bridgehead atoms. The number of nitrogens with zero attached hydrogens (tertiary/aromatic N) is 1. The normalized spacial score (nSPS) is 36.7. The molecule has 0 radical (unpaired) electrons. The van der Waals surface area contributed by atoms with Crippen LogP contribution in [0, 0.1) is 11.8 Å². The Labute approximate surface area is 131 Å². The highest BCUT2D eigenvalue weighted by Gasteiger charge is 2.66. The van der Waals surface area contributed by atoms with Gasteiger partial charge in [-0.05, 0) is 25.1 Å². The molecule has 4 nitrogen and oxygen atoms in total. The molecule has 0 spiro atoms. The van der Waals surface area contributed by atoms with E-state index in [9.17, 15) is 9.59 Å².